The van der Waals surface area contributed by atoms with E-state index in [1.807, 2.05) is 17.0 Å². The Morgan fingerprint density at radius 2 is 1.81 bits per heavy atom. The molecule has 0 radical (unpaired) electrons. The molecule has 1 fully saturated rings. The summed E-state index contributed by atoms with van der Waals surface area (Å²) in [5, 5.41) is 12.1. The van der Waals surface area contributed by atoms with Gasteiger partial charge in [-0.1, -0.05) is 24.6 Å². The molecule has 1 aromatic rings. The molecule has 0 spiro atoms. The van der Waals surface area contributed by atoms with Crippen molar-refractivity contribution in [2.75, 3.05) is 19.6 Å². The lowest BCUT2D eigenvalue weighted by Crippen LogP contribution is -2.38. The number of hydrogen-bond acceptors (Lipinski definition) is 3. The summed E-state index contributed by atoms with van der Waals surface area (Å²) in [5.74, 6) is -0.261. The number of nitrogens with one attached hydrogen (secondary N) is 1. The number of carbonyl (C=O) groups is 3. The Balaban J connectivity index is 1.68. The summed E-state index contributed by atoms with van der Waals surface area (Å²) in [4.78, 5) is 36.4. The van der Waals surface area contributed by atoms with Crippen molar-refractivity contribution >= 4 is 17.8 Å². The first-order valence-corrected chi connectivity index (χ1v) is 9.80. The molecule has 0 atom stereocenters. The summed E-state index contributed by atoms with van der Waals surface area (Å²) >= 11 is 0. The molecular weight excluding hydrogens is 344 g/mol. The van der Waals surface area contributed by atoms with Crippen molar-refractivity contribution in [3.63, 3.8) is 0 Å². The molecule has 2 N–H and O–H groups in total. The summed E-state index contributed by atoms with van der Waals surface area (Å²) in [6.07, 6.45) is 5.85. The summed E-state index contributed by atoms with van der Waals surface area (Å²) in [7, 11) is 0. The Bertz CT molecular complexity index is 651. The van der Waals surface area contributed by atoms with Crippen molar-refractivity contribution in [1.29, 1.82) is 0 Å². The van der Waals surface area contributed by atoms with E-state index < -0.39 is 5.97 Å². The first-order chi connectivity index (χ1) is 13.0. The van der Waals surface area contributed by atoms with E-state index in [9.17, 15) is 19.5 Å². The average molecular weight is 374 g/mol. The minimum Gasteiger partial charge on any atom is -0.478 e. The Labute approximate surface area is 160 Å². The fourth-order valence-corrected chi connectivity index (χ4v) is 3.60. The Morgan fingerprint density at radius 3 is 2.48 bits per heavy atom. The molecule has 1 aliphatic rings. The molecule has 6 heteroatoms. The maximum atomic E-state index is 12.3. The lowest BCUT2D eigenvalue weighted by molar-refractivity contribution is -0.132. The van der Waals surface area contributed by atoms with Crippen LogP contribution >= 0.6 is 0 Å². The molecule has 27 heavy (non-hydrogen) atoms. The van der Waals surface area contributed by atoms with Crippen molar-refractivity contribution < 1.29 is 19.5 Å². The van der Waals surface area contributed by atoms with Crippen molar-refractivity contribution in [2.24, 2.45) is 5.92 Å². The van der Waals surface area contributed by atoms with Gasteiger partial charge >= 0.3 is 5.97 Å². The average Bonchev–Trinajstić information content (AvgIpc) is 2.65. The number of amides is 2. The van der Waals surface area contributed by atoms with Gasteiger partial charge in [0.1, 0.15) is 0 Å². The molecule has 6 nitrogen and oxygen atoms in total. The molecular formula is C21H30N2O4. The number of carboxylic acids is 1. The zero-order valence-electron chi connectivity index (χ0n) is 16.1. The number of piperidine rings is 1. The van der Waals surface area contributed by atoms with Gasteiger partial charge in [-0.2, -0.15) is 0 Å². The number of benzene rings is 1. The smallest absolute Gasteiger partial charge is 0.335 e. The quantitative estimate of drug-likeness (QED) is 0.651. The van der Waals surface area contributed by atoms with Crippen LogP contribution in [-0.2, 0) is 16.0 Å². The van der Waals surface area contributed by atoms with Gasteiger partial charge in [-0.15, -0.1) is 0 Å². The number of unbranched alkanes of at least 4 members (excludes halogenated alkanes) is 2. The van der Waals surface area contributed by atoms with E-state index in [1.165, 1.54) is 6.92 Å². The Morgan fingerprint density at radius 1 is 1.11 bits per heavy atom. The van der Waals surface area contributed by atoms with Crippen LogP contribution in [0.5, 0.6) is 0 Å². The van der Waals surface area contributed by atoms with Gasteiger partial charge in [-0.05, 0) is 49.7 Å². The number of carbonyl (C=O) groups excluding carboxylic acids is 2. The lowest BCUT2D eigenvalue weighted by Gasteiger charge is -2.32. The van der Waals surface area contributed by atoms with Crippen molar-refractivity contribution in [2.45, 2.75) is 51.9 Å². The molecule has 0 saturated carbocycles. The third-order valence-electron chi connectivity index (χ3n) is 5.16. The zero-order chi connectivity index (χ0) is 19.6. The zero-order valence-corrected chi connectivity index (χ0v) is 16.1. The summed E-state index contributed by atoms with van der Waals surface area (Å²) in [5.41, 5.74) is 1.27. The number of nitrogens with zero attached hydrogens (tertiary/aromatic N) is 1. The van der Waals surface area contributed by atoms with E-state index in [0.29, 0.717) is 24.4 Å². The van der Waals surface area contributed by atoms with Crippen molar-refractivity contribution in [3.05, 3.63) is 35.4 Å². The predicted octanol–water partition coefficient (Wildman–Crippen LogP) is 2.86. The van der Waals surface area contributed by atoms with Crippen LogP contribution in [0.4, 0.5) is 0 Å². The topological polar surface area (TPSA) is 86.7 Å². The molecule has 1 aromatic carbocycles. The van der Waals surface area contributed by atoms with E-state index in [1.54, 1.807) is 12.1 Å². The standard InChI is InChI=1S/C21H30N2O4/c1-16(24)22-12-6-2-3-9-20(25)23-13-10-17(11-14-23)15-18-7-4-5-8-19(18)21(26)27/h4-5,7-8,17H,2-3,6,9-15H2,1H3,(H,22,24)(H,26,27). The molecule has 0 aromatic heterocycles. The fourth-order valence-electron chi connectivity index (χ4n) is 3.60. The maximum absolute atomic E-state index is 12.3. The molecule has 148 valence electrons. The first-order valence-electron chi connectivity index (χ1n) is 9.80. The van der Waals surface area contributed by atoms with Crippen molar-refractivity contribution in [1.82, 2.24) is 10.2 Å². The van der Waals surface area contributed by atoms with Gasteiger partial charge in [0.05, 0.1) is 5.56 Å². The highest BCUT2D eigenvalue weighted by Gasteiger charge is 2.23. The van der Waals surface area contributed by atoms with E-state index in [4.69, 9.17) is 0 Å². The van der Waals surface area contributed by atoms with Crippen LogP contribution in [0, 0.1) is 5.92 Å². The molecule has 1 aliphatic heterocycles. The molecule has 0 bridgehead atoms. The number of hydrogen-bond donors (Lipinski definition) is 2. The van der Waals surface area contributed by atoms with Crippen LogP contribution in [-0.4, -0.2) is 47.4 Å². The van der Waals surface area contributed by atoms with E-state index in [-0.39, 0.29) is 11.8 Å². The molecule has 2 amide bonds. The highest BCUT2D eigenvalue weighted by Crippen LogP contribution is 2.24. The van der Waals surface area contributed by atoms with Crippen LogP contribution in [0.25, 0.3) is 0 Å². The molecule has 1 saturated heterocycles. The van der Waals surface area contributed by atoms with Gasteiger partial charge in [-0.25, -0.2) is 4.79 Å². The summed E-state index contributed by atoms with van der Waals surface area (Å²) < 4.78 is 0. The largest absolute Gasteiger partial charge is 0.478 e. The predicted molar refractivity (Wildman–Crippen MR) is 104 cm³/mol. The van der Waals surface area contributed by atoms with Crippen LogP contribution < -0.4 is 5.32 Å². The second-order valence-corrected chi connectivity index (χ2v) is 7.28. The third kappa shape index (κ3) is 7.04. The highest BCUT2D eigenvalue weighted by atomic mass is 16.4. The third-order valence-corrected chi connectivity index (χ3v) is 5.16. The second-order valence-electron chi connectivity index (χ2n) is 7.28. The van der Waals surface area contributed by atoms with Gasteiger partial charge in [0.25, 0.3) is 0 Å². The van der Waals surface area contributed by atoms with Gasteiger partial charge in [0.2, 0.25) is 11.8 Å². The fraction of sp³-hybridized carbons (Fsp3) is 0.571. The molecule has 1 heterocycles. The Kier molecular flexibility index (Phi) is 8.30. The number of rotatable bonds is 9. The number of carboxylic acid groups (broad SMARTS) is 1. The monoisotopic (exact) mass is 374 g/mol. The minimum absolute atomic E-state index is 0.0140. The van der Waals surface area contributed by atoms with E-state index >= 15 is 0 Å². The Hall–Kier alpha value is -2.37. The first kappa shape index (κ1) is 20.9. The molecule has 0 unspecified atom stereocenters. The number of aromatic carboxylic acids is 1. The van der Waals surface area contributed by atoms with Crippen LogP contribution in [0.3, 0.4) is 0 Å². The van der Waals surface area contributed by atoms with Crippen LogP contribution in [0.2, 0.25) is 0 Å². The van der Waals surface area contributed by atoms with Crippen LogP contribution in [0.15, 0.2) is 24.3 Å². The van der Waals surface area contributed by atoms with E-state index in [2.05, 4.69) is 5.32 Å². The second kappa shape index (κ2) is 10.7. The highest BCUT2D eigenvalue weighted by molar-refractivity contribution is 5.89. The number of likely N-dealkylation sites (tertiary alicyclic amines) is 1. The molecule has 0 aliphatic carbocycles. The minimum atomic E-state index is -0.878. The van der Waals surface area contributed by atoms with Gasteiger partial charge < -0.3 is 15.3 Å². The lowest BCUT2D eigenvalue weighted by atomic mass is 9.88. The van der Waals surface area contributed by atoms with Gasteiger partial charge in [0.15, 0.2) is 0 Å². The van der Waals surface area contributed by atoms with Gasteiger partial charge in [0, 0.05) is 33.0 Å². The summed E-state index contributed by atoms with van der Waals surface area (Å²) in [6, 6.07) is 7.18. The SMILES string of the molecule is CC(=O)NCCCCCC(=O)N1CCC(Cc2ccccc2C(=O)O)CC1. The molecule has 2 rings (SSSR count). The van der Waals surface area contributed by atoms with Crippen LogP contribution in [0.1, 0.15) is 61.4 Å². The van der Waals surface area contributed by atoms with Gasteiger partial charge in [-0.3, -0.25) is 9.59 Å². The van der Waals surface area contributed by atoms with E-state index in [0.717, 1.165) is 57.2 Å². The maximum Gasteiger partial charge on any atom is 0.335 e. The summed E-state index contributed by atoms with van der Waals surface area (Å²) in [6.45, 7) is 3.69. The normalized spacial score (nSPS) is 14.8. The van der Waals surface area contributed by atoms with Crippen molar-refractivity contribution in [3.8, 4) is 0 Å².